The van der Waals surface area contributed by atoms with E-state index in [9.17, 15) is 9.59 Å². The van der Waals surface area contributed by atoms with Crippen molar-refractivity contribution in [3.05, 3.63) is 96.2 Å². The smallest absolute Gasteiger partial charge is 0.343 e. The molecule has 0 saturated heterocycles. The first-order chi connectivity index (χ1) is 17.1. The Labute approximate surface area is 206 Å². The minimum Gasteiger partial charge on any atom is -0.420 e. The zero-order chi connectivity index (χ0) is 24.6. The zero-order valence-electron chi connectivity index (χ0n) is 20.2. The molecule has 0 radical (unpaired) electrons. The standard InChI is InChI=1S/C29H31N3O3/c1-3-31(4-2)21-13-20-30-28(33)26-27(35-29(34)22-14-7-5-8-15-22)24-18-11-12-19-25(24)32(26)23-16-9-6-10-17-23/h5-12,14-19H,3-4,13,20-21H2,1-2H3,(H,30,33). The third-order valence-corrected chi connectivity index (χ3v) is 6.09. The molecule has 1 amide bonds. The maximum Gasteiger partial charge on any atom is 0.343 e. The quantitative estimate of drug-likeness (QED) is 0.253. The molecular formula is C29H31N3O3. The largest absolute Gasteiger partial charge is 0.420 e. The zero-order valence-corrected chi connectivity index (χ0v) is 20.2. The van der Waals surface area contributed by atoms with Gasteiger partial charge in [0.2, 0.25) is 0 Å². The van der Waals surface area contributed by atoms with Crippen LogP contribution >= 0.6 is 0 Å². The highest BCUT2D eigenvalue weighted by Crippen LogP contribution is 2.36. The number of esters is 1. The molecule has 0 fully saturated rings. The average Bonchev–Trinajstić information content (AvgIpc) is 3.23. The second kappa shape index (κ2) is 11.5. The Morgan fingerprint density at radius 1 is 0.857 bits per heavy atom. The van der Waals surface area contributed by atoms with Crippen LogP contribution in [0.1, 0.15) is 41.1 Å². The van der Waals surface area contributed by atoms with Crippen LogP contribution in [-0.4, -0.2) is 47.5 Å². The Morgan fingerprint density at radius 3 is 2.17 bits per heavy atom. The summed E-state index contributed by atoms with van der Waals surface area (Å²) >= 11 is 0. The van der Waals surface area contributed by atoms with Crippen LogP contribution in [-0.2, 0) is 0 Å². The van der Waals surface area contributed by atoms with Crippen LogP contribution in [0, 0.1) is 0 Å². The summed E-state index contributed by atoms with van der Waals surface area (Å²) in [5.41, 5.74) is 2.35. The maximum atomic E-state index is 13.6. The number of nitrogens with one attached hydrogen (secondary N) is 1. The molecule has 1 aromatic heterocycles. The SMILES string of the molecule is CCN(CC)CCCNC(=O)c1c(OC(=O)c2ccccc2)c2ccccc2n1-c1ccccc1. The summed E-state index contributed by atoms with van der Waals surface area (Å²) in [5, 5.41) is 3.75. The minimum atomic E-state index is -0.503. The number of hydrogen-bond donors (Lipinski definition) is 1. The van der Waals surface area contributed by atoms with E-state index in [2.05, 4.69) is 24.1 Å². The van der Waals surface area contributed by atoms with Crippen LogP contribution in [0.2, 0.25) is 0 Å². The molecule has 4 aromatic rings. The number of ether oxygens (including phenoxy) is 1. The van der Waals surface area contributed by atoms with E-state index in [4.69, 9.17) is 4.74 Å². The fourth-order valence-electron chi connectivity index (χ4n) is 4.22. The molecule has 0 atom stereocenters. The second-order valence-electron chi connectivity index (χ2n) is 8.26. The Morgan fingerprint density at radius 2 is 1.49 bits per heavy atom. The summed E-state index contributed by atoms with van der Waals surface area (Å²) in [4.78, 5) is 28.9. The molecule has 4 rings (SSSR count). The number of amides is 1. The van der Waals surface area contributed by atoms with Gasteiger partial charge in [0.1, 0.15) is 0 Å². The number of aromatic nitrogens is 1. The molecule has 3 aromatic carbocycles. The van der Waals surface area contributed by atoms with Gasteiger partial charge in [-0.05, 0) is 62.5 Å². The Hall–Kier alpha value is -3.90. The van der Waals surface area contributed by atoms with Crippen molar-refractivity contribution in [3.8, 4) is 11.4 Å². The molecule has 0 bridgehead atoms. The lowest BCUT2D eigenvalue weighted by molar-refractivity contribution is 0.0734. The monoisotopic (exact) mass is 469 g/mol. The van der Waals surface area contributed by atoms with Crippen LogP contribution in [0.25, 0.3) is 16.6 Å². The molecule has 0 aliphatic rings. The highest BCUT2D eigenvalue weighted by atomic mass is 16.5. The van der Waals surface area contributed by atoms with E-state index in [0.29, 0.717) is 23.2 Å². The van der Waals surface area contributed by atoms with Gasteiger partial charge in [0.25, 0.3) is 5.91 Å². The van der Waals surface area contributed by atoms with Crippen LogP contribution in [0.4, 0.5) is 0 Å². The van der Waals surface area contributed by atoms with Crippen molar-refractivity contribution in [2.75, 3.05) is 26.2 Å². The van der Waals surface area contributed by atoms with Crippen molar-refractivity contribution in [1.82, 2.24) is 14.8 Å². The van der Waals surface area contributed by atoms with E-state index in [0.717, 1.165) is 37.3 Å². The number of carbonyl (C=O) groups is 2. The van der Waals surface area contributed by atoms with Gasteiger partial charge in [0, 0.05) is 17.6 Å². The molecule has 0 unspecified atom stereocenters. The fraction of sp³-hybridized carbons (Fsp3) is 0.241. The van der Waals surface area contributed by atoms with Crippen LogP contribution < -0.4 is 10.1 Å². The molecule has 0 aliphatic carbocycles. The number of hydrogen-bond acceptors (Lipinski definition) is 4. The molecule has 35 heavy (non-hydrogen) atoms. The Balaban J connectivity index is 1.73. The van der Waals surface area contributed by atoms with E-state index < -0.39 is 5.97 Å². The number of fused-ring (bicyclic) bond motifs is 1. The van der Waals surface area contributed by atoms with Gasteiger partial charge in [-0.25, -0.2) is 4.79 Å². The van der Waals surface area contributed by atoms with E-state index >= 15 is 0 Å². The van der Waals surface area contributed by atoms with Crippen LogP contribution in [0.5, 0.6) is 5.75 Å². The van der Waals surface area contributed by atoms with Crippen molar-refractivity contribution in [2.24, 2.45) is 0 Å². The van der Waals surface area contributed by atoms with E-state index in [1.54, 1.807) is 24.3 Å². The summed E-state index contributed by atoms with van der Waals surface area (Å²) < 4.78 is 7.78. The number of nitrogens with zero attached hydrogens (tertiary/aromatic N) is 2. The van der Waals surface area contributed by atoms with E-state index in [1.807, 2.05) is 65.2 Å². The molecule has 1 heterocycles. The first kappa shape index (κ1) is 24.2. The highest BCUT2D eigenvalue weighted by molar-refractivity contribution is 6.07. The number of rotatable bonds is 10. The predicted molar refractivity (Wildman–Crippen MR) is 139 cm³/mol. The number of carbonyl (C=O) groups excluding carboxylic acids is 2. The molecule has 6 heteroatoms. The molecular weight excluding hydrogens is 438 g/mol. The van der Waals surface area contributed by atoms with Gasteiger partial charge in [-0.1, -0.05) is 62.4 Å². The molecule has 0 aliphatic heterocycles. The lowest BCUT2D eigenvalue weighted by Crippen LogP contribution is -2.31. The minimum absolute atomic E-state index is 0.263. The van der Waals surface area contributed by atoms with Crippen molar-refractivity contribution in [1.29, 1.82) is 0 Å². The summed E-state index contributed by atoms with van der Waals surface area (Å²) in [6, 6.07) is 26.1. The molecule has 180 valence electrons. The lowest BCUT2D eigenvalue weighted by Gasteiger charge is -2.18. The van der Waals surface area contributed by atoms with Gasteiger partial charge in [-0.3, -0.25) is 4.79 Å². The average molecular weight is 470 g/mol. The summed E-state index contributed by atoms with van der Waals surface area (Å²) in [7, 11) is 0. The van der Waals surface area contributed by atoms with Crippen molar-refractivity contribution < 1.29 is 14.3 Å². The third kappa shape index (κ3) is 5.44. The van der Waals surface area contributed by atoms with Crippen molar-refractivity contribution >= 4 is 22.8 Å². The van der Waals surface area contributed by atoms with E-state index in [-0.39, 0.29) is 11.7 Å². The fourth-order valence-corrected chi connectivity index (χ4v) is 4.22. The van der Waals surface area contributed by atoms with Crippen molar-refractivity contribution in [3.63, 3.8) is 0 Å². The Kier molecular flexibility index (Phi) is 7.95. The number of benzene rings is 3. The van der Waals surface area contributed by atoms with Crippen LogP contribution in [0.15, 0.2) is 84.9 Å². The van der Waals surface area contributed by atoms with Gasteiger partial charge < -0.3 is 19.5 Å². The summed E-state index contributed by atoms with van der Waals surface area (Å²) in [5.74, 6) is -0.517. The van der Waals surface area contributed by atoms with Gasteiger partial charge in [-0.15, -0.1) is 0 Å². The van der Waals surface area contributed by atoms with Gasteiger partial charge in [0.15, 0.2) is 11.4 Å². The molecule has 0 spiro atoms. The van der Waals surface area contributed by atoms with Crippen molar-refractivity contribution in [2.45, 2.75) is 20.3 Å². The highest BCUT2D eigenvalue weighted by Gasteiger charge is 2.27. The second-order valence-corrected chi connectivity index (χ2v) is 8.26. The van der Waals surface area contributed by atoms with Gasteiger partial charge >= 0.3 is 5.97 Å². The summed E-state index contributed by atoms with van der Waals surface area (Å²) in [6.07, 6.45) is 0.831. The topological polar surface area (TPSA) is 63.6 Å². The molecule has 6 nitrogen and oxygen atoms in total. The Bertz CT molecular complexity index is 1280. The first-order valence-electron chi connectivity index (χ1n) is 12.1. The predicted octanol–water partition coefficient (Wildman–Crippen LogP) is 5.31. The van der Waals surface area contributed by atoms with E-state index in [1.165, 1.54) is 0 Å². The normalized spacial score (nSPS) is 11.1. The summed E-state index contributed by atoms with van der Waals surface area (Å²) in [6.45, 7) is 7.66. The number of para-hydroxylation sites is 2. The maximum absolute atomic E-state index is 13.6. The molecule has 0 saturated carbocycles. The first-order valence-corrected chi connectivity index (χ1v) is 12.1. The van der Waals surface area contributed by atoms with Crippen LogP contribution in [0.3, 0.4) is 0 Å². The molecule has 1 N–H and O–H groups in total. The lowest BCUT2D eigenvalue weighted by atomic mass is 10.2. The third-order valence-electron chi connectivity index (χ3n) is 6.09. The van der Waals surface area contributed by atoms with Gasteiger partial charge in [-0.2, -0.15) is 0 Å². The van der Waals surface area contributed by atoms with Gasteiger partial charge in [0.05, 0.1) is 11.1 Å².